The van der Waals surface area contributed by atoms with E-state index in [2.05, 4.69) is 42.1 Å². The van der Waals surface area contributed by atoms with Gasteiger partial charge in [-0.2, -0.15) is 29.9 Å². The summed E-state index contributed by atoms with van der Waals surface area (Å²) in [5, 5.41) is 3.00. The van der Waals surface area contributed by atoms with Crippen molar-refractivity contribution in [1.29, 1.82) is 0 Å². The summed E-state index contributed by atoms with van der Waals surface area (Å²) in [6, 6.07) is 0. The molecule has 0 spiro atoms. The van der Waals surface area contributed by atoms with Gasteiger partial charge in [0.25, 0.3) is 0 Å². The Morgan fingerprint density at radius 3 is 1.41 bits per heavy atom. The molecule has 0 aliphatic carbocycles. The second-order valence-electron chi connectivity index (χ2n) is 4.07. The quantitative estimate of drug-likeness (QED) is 0.369. The number of anilines is 6. The van der Waals surface area contributed by atoms with Gasteiger partial charge in [0.1, 0.15) is 0 Å². The lowest BCUT2D eigenvalue weighted by Gasteiger charge is -2.03. The molecule has 2 rings (SSSR count). The van der Waals surface area contributed by atoms with Crippen molar-refractivity contribution in [2.75, 3.05) is 40.5 Å². The van der Waals surface area contributed by atoms with E-state index < -0.39 is 0 Å². The molecule has 12 nitrogen and oxygen atoms in total. The highest BCUT2D eigenvalue weighted by Gasteiger charge is 1.99. The van der Waals surface area contributed by atoms with Crippen molar-refractivity contribution in [2.24, 2.45) is 0 Å². The molecule has 0 aliphatic heterocycles. The molecule has 12 heteroatoms. The molecule has 0 saturated carbocycles. The Kier molecular flexibility index (Phi) is 6.28. The molecule has 0 radical (unpaired) electrons. The molecule has 0 fully saturated rings. The first-order valence-electron chi connectivity index (χ1n) is 6.44. The number of hydrogen-bond donors (Lipinski definition) is 6. The van der Waals surface area contributed by atoms with E-state index in [4.69, 9.17) is 28.7 Å². The van der Waals surface area contributed by atoms with Gasteiger partial charge in [-0.1, -0.05) is 13.3 Å². The molecule has 0 saturated heterocycles. The van der Waals surface area contributed by atoms with Crippen molar-refractivity contribution in [3.05, 3.63) is 0 Å². The van der Waals surface area contributed by atoms with E-state index >= 15 is 0 Å². The Bertz CT molecular complexity index is 530. The van der Waals surface area contributed by atoms with Crippen LogP contribution in [0.2, 0.25) is 0 Å². The van der Waals surface area contributed by atoms with Crippen LogP contribution in [-0.2, 0) is 0 Å². The molecule has 120 valence electrons. The molecule has 0 unspecified atom stereocenters. The number of nitrogens with one attached hydrogen (secondary N) is 1. The number of aromatic nitrogens is 6. The highest BCUT2D eigenvalue weighted by Crippen LogP contribution is 2.03. The van der Waals surface area contributed by atoms with Crippen LogP contribution in [0.3, 0.4) is 0 Å². The van der Waals surface area contributed by atoms with Gasteiger partial charge in [-0.25, -0.2) is 0 Å². The van der Waals surface area contributed by atoms with Crippen molar-refractivity contribution in [3.63, 3.8) is 0 Å². The molecule has 0 aliphatic rings. The first-order chi connectivity index (χ1) is 10.4. The van der Waals surface area contributed by atoms with Gasteiger partial charge >= 0.3 is 0 Å². The summed E-state index contributed by atoms with van der Waals surface area (Å²) < 4.78 is 0. The van der Waals surface area contributed by atoms with Crippen molar-refractivity contribution in [2.45, 2.75) is 19.8 Å². The van der Waals surface area contributed by atoms with E-state index in [-0.39, 0.29) is 29.7 Å². The van der Waals surface area contributed by atoms with E-state index in [1.807, 2.05) is 0 Å². The van der Waals surface area contributed by atoms with E-state index in [1.54, 1.807) is 0 Å². The van der Waals surface area contributed by atoms with Crippen molar-refractivity contribution < 1.29 is 0 Å². The maximum atomic E-state index is 5.38. The minimum atomic E-state index is 0.0417. The summed E-state index contributed by atoms with van der Waals surface area (Å²) in [5.74, 6) is 0.858. The Hall–Kier alpha value is -3.18. The molecule has 22 heavy (non-hydrogen) atoms. The Labute approximate surface area is 127 Å². The minimum Gasteiger partial charge on any atom is -0.368 e. The Balaban J connectivity index is 0.000000235. The third kappa shape index (κ3) is 6.31. The van der Waals surface area contributed by atoms with Gasteiger partial charge in [0, 0.05) is 6.54 Å². The standard InChI is InChI=1S/C7H14N6.C3H6N6/c1-2-3-4-10-7-12-5(8)11-6(9)13-7;4-1-7-2(5)9-3(6)8-1/h2-4H2,1H3,(H5,8,9,10,11,12,13);(H6,4,5,6,7,8,9). The SMILES string of the molecule is CCCCNc1nc(N)nc(N)n1.Nc1nc(N)nc(N)n1. The van der Waals surface area contributed by atoms with E-state index in [0.717, 1.165) is 19.4 Å². The number of nitrogens with zero attached hydrogens (tertiary/aromatic N) is 6. The molecule has 11 N–H and O–H groups in total. The van der Waals surface area contributed by atoms with Crippen LogP contribution in [0.4, 0.5) is 35.7 Å². The molecule has 0 amide bonds. The Morgan fingerprint density at radius 2 is 1.05 bits per heavy atom. The monoisotopic (exact) mass is 308 g/mol. The van der Waals surface area contributed by atoms with Crippen LogP contribution in [-0.4, -0.2) is 36.4 Å². The summed E-state index contributed by atoms with van der Waals surface area (Å²) in [4.78, 5) is 21.9. The lowest BCUT2D eigenvalue weighted by atomic mass is 10.3. The molecule has 0 bridgehead atoms. The van der Waals surface area contributed by atoms with Gasteiger partial charge in [-0.3, -0.25) is 0 Å². The molecular formula is C10H20N12. The smallest absolute Gasteiger partial charge is 0.229 e. The molecule has 0 aromatic carbocycles. The van der Waals surface area contributed by atoms with Gasteiger partial charge in [-0.05, 0) is 6.42 Å². The summed E-state index contributed by atoms with van der Waals surface area (Å²) in [6.45, 7) is 2.93. The highest BCUT2D eigenvalue weighted by molar-refractivity contribution is 5.36. The predicted molar refractivity (Wildman–Crippen MR) is 85.1 cm³/mol. The summed E-state index contributed by atoms with van der Waals surface area (Å²) in [6.07, 6.45) is 2.18. The summed E-state index contributed by atoms with van der Waals surface area (Å²) in [5.41, 5.74) is 26.2. The minimum absolute atomic E-state index is 0.0417. The third-order valence-electron chi connectivity index (χ3n) is 2.17. The average Bonchev–Trinajstić information content (AvgIpc) is 2.36. The van der Waals surface area contributed by atoms with Crippen LogP contribution < -0.4 is 34.0 Å². The maximum Gasteiger partial charge on any atom is 0.229 e. The van der Waals surface area contributed by atoms with Gasteiger partial charge in [0.2, 0.25) is 35.7 Å². The zero-order valence-corrected chi connectivity index (χ0v) is 12.2. The third-order valence-corrected chi connectivity index (χ3v) is 2.17. The van der Waals surface area contributed by atoms with E-state index in [1.165, 1.54) is 0 Å². The molecule has 2 aromatic heterocycles. The normalized spacial score (nSPS) is 9.68. The van der Waals surface area contributed by atoms with Crippen LogP contribution in [0.5, 0.6) is 0 Å². The topological polar surface area (TPSA) is 219 Å². The number of unbranched alkanes of at least 4 members (excludes halogenated alkanes) is 1. The van der Waals surface area contributed by atoms with Crippen LogP contribution in [0.15, 0.2) is 0 Å². The molecule has 2 heterocycles. The largest absolute Gasteiger partial charge is 0.368 e. The number of nitrogen functional groups attached to an aromatic ring is 5. The molecule has 0 atom stereocenters. The highest BCUT2D eigenvalue weighted by atomic mass is 15.2. The number of rotatable bonds is 4. The average molecular weight is 308 g/mol. The van der Waals surface area contributed by atoms with Crippen molar-refractivity contribution in [3.8, 4) is 0 Å². The fourth-order valence-corrected chi connectivity index (χ4v) is 1.29. The second-order valence-corrected chi connectivity index (χ2v) is 4.07. The van der Waals surface area contributed by atoms with Crippen LogP contribution >= 0.6 is 0 Å². The van der Waals surface area contributed by atoms with Gasteiger partial charge in [0.15, 0.2) is 0 Å². The van der Waals surface area contributed by atoms with Crippen LogP contribution in [0.25, 0.3) is 0 Å². The first kappa shape index (κ1) is 16.9. The predicted octanol–water partition coefficient (Wildman–Crippen LogP) is -1.13. The molecular weight excluding hydrogens is 288 g/mol. The first-order valence-corrected chi connectivity index (χ1v) is 6.44. The lowest BCUT2D eigenvalue weighted by Crippen LogP contribution is -2.10. The molecule has 2 aromatic rings. The fraction of sp³-hybridized carbons (Fsp3) is 0.400. The fourth-order valence-electron chi connectivity index (χ4n) is 1.29. The van der Waals surface area contributed by atoms with Gasteiger partial charge < -0.3 is 34.0 Å². The Morgan fingerprint density at radius 1 is 0.682 bits per heavy atom. The van der Waals surface area contributed by atoms with Gasteiger partial charge in [0.05, 0.1) is 0 Å². The maximum absolute atomic E-state index is 5.38. The van der Waals surface area contributed by atoms with Crippen LogP contribution in [0, 0.1) is 0 Å². The van der Waals surface area contributed by atoms with Crippen molar-refractivity contribution >= 4 is 35.7 Å². The van der Waals surface area contributed by atoms with Crippen molar-refractivity contribution in [1.82, 2.24) is 29.9 Å². The zero-order chi connectivity index (χ0) is 16.5. The van der Waals surface area contributed by atoms with E-state index in [0.29, 0.717) is 5.95 Å². The number of hydrogen-bond acceptors (Lipinski definition) is 12. The van der Waals surface area contributed by atoms with Gasteiger partial charge in [-0.15, -0.1) is 0 Å². The second kappa shape index (κ2) is 8.18. The summed E-state index contributed by atoms with van der Waals surface area (Å²) >= 11 is 0. The van der Waals surface area contributed by atoms with E-state index in [9.17, 15) is 0 Å². The lowest BCUT2D eigenvalue weighted by molar-refractivity contribution is 0.825. The summed E-state index contributed by atoms with van der Waals surface area (Å²) in [7, 11) is 0. The zero-order valence-electron chi connectivity index (χ0n) is 12.2. The van der Waals surface area contributed by atoms with Crippen LogP contribution in [0.1, 0.15) is 19.8 Å². The number of nitrogens with two attached hydrogens (primary N) is 5.